The fourth-order valence-electron chi connectivity index (χ4n) is 1.97. The molecule has 0 aromatic heterocycles. The van der Waals surface area contributed by atoms with Crippen LogP contribution in [0.3, 0.4) is 0 Å². The molecular formula is C9H17O3S-. The van der Waals surface area contributed by atoms with E-state index < -0.39 is 22.4 Å². The van der Waals surface area contributed by atoms with Crippen molar-refractivity contribution in [2.45, 2.75) is 50.4 Å². The number of hydrogen-bond donors (Lipinski definition) is 1. The minimum absolute atomic E-state index is 0.196. The largest absolute Gasteiger partial charge is 0.772 e. The summed E-state index contributed by atoms with van der Waals surface area (Å²) in [5, 5.41) is 9.10. The summed E-state index contributed by atoms with van der Waals surface area (Å²) in [6.07, 6.45) is 4.75. The van der Waals surface area contributed by atoms with Crippen LogP contribution >= 0.6 is 0 Å². The van der Waals surface area contributed by atoms with Gasteiger partial charge in [0.1, 0.15) is 0 Å². The standard InChI is InChI=1S/C9H18O3S/c1-7(13(11)12)9(10)8-5-3-2-4-6-8/h7-10H,2-6H2,1H3,(H,11,12)/p-1/t7-,9-/m0/s1. The second-order valence-electron chi connectivity index (χ2n) is 3.85. The first kappa shape index (κ1) is 11.1. The lowest BCUT2D eigenvalue weighted by atomic mass is 9.84. The quantitative estimate of drug-likeness (QED) is 0.704. The highest BCUT2D eigenvalue weighted by Gasteiger charge is 2.26. The van der Waals surface area contributed by atoms with Crippen LogP contribution in [0.5, 0.6) is 0 Å². The molecule has 0 spiro atoms. The third-order valence-electron chi connectivity index (χ3n) is 2.92. The predicted molar refractivity (Wildman–Crippen MR) is 51.0 cm³/mol. The van der Waals surface area contributed by atoms with Gasteiger partial charge in [0.25, 0.3) is 0 Å². The highest BCUT2D eigenvalue weighted by Crippen LogP contribution is 2.28. The highest BCUT2D eigenvalue weighted by atomic mass is 32.2. The fraction of sp³-hybridized carbons (Fsp3) is 1.00. The lowest BCUT2D eigenvalue weighted by Gasteiger charge is -2.31. The summed E-state index contributed by atoms with van der Waals surface area (Å²) in [5.74, 6) is 0.196. The Morgan fingerprint density at radius 2 is 1.92 bits per heavy atom. The Kier molecular flexibility index (Phi) is 4.35. The van der Waals surface area contributed by atoms with Gasteiger partial charge in [-0.2, -0.15) is 0 Å². The molecule has 0 radical (unpaired) electrons. The van der Waals surface area contributed by atoms with Crippen molar-refractivity contribution in [3.8, 4) is 0 Å². The molecule has 3 atom stereocenters. The first-order chi connectivity index (χ1) is 6.13. The maximum Gasteiger partial charge on any atom is 0.0697 e. The summed E-state index contributed by atoms with van der Waals surface area (Å²) in [6, 6.07) is 0. The van der Waals surface area contributed by atoms with Crippen LogP contribution in [-0.2, 0) is 11.1 Å². The van der Waals surface area contributed by atoms with Gasteiger partial charge in [-0.25, -0.2) is 0 Å². The fourth-order valence-corrected chi connectivity index (χ4v) is 2.42. The van der Waals surface area contributed by atoms with Crippen LogP contribution in [0.2, 0.25) is 0 Å². The van der Waals surface area contributed by atoms with Crippen molar-refractivity contribution in [3.63, 3.8) is 0 Å². The molecule has 4 heteroatoms. The van der Waals surface area contributed by atoms with Crippen molar-refractivity contribution in [1.29, 1.82) is 0 Å². The summed E-state index contributed by atoms with van der Waals surface area (Å²) in [6.45, 7) is 1.57. The van der Waals surface area contributed by atoms with Gasteiger partial charge in [0.2, 0.25) is 0 Å². The molecule has 78 valence electrons. The summed E-state index contributed by atoms with van der Waals surface area (Å²) >= 11 is -2.14. The average Bonchev–Trinajstić information content (AvgIpc) is 2.17. The van der Waals surface area contributed by atoms with Crippen LogP contribution in [0.25, 0.3) is 0 Å². The lowest BCUT2D eigenvalue weighted by molar-refractivity contribution is 0.0835. The molecular weight excluding hydrogens is 188 g/mol. The molecule has 3 nitrogen and oxygen atoms in total. The molecule has 0 aromatic rings. The second kappa shape index (κ2) is 5.08. The molecule has 1 unspecified atom stereocenters. The Balaban J connectivity index is 2.44. The van der Waals surface area contributed by atoms with E-state index >= 15 is 0 Å². The van der Waals surface area contributed by atoms with Crippen LogP contribution in [0.1, 0.15) is 39.0 Å². The zero-order valence-electron chi connectivity index (χ0n) is 7.94. The van der Waals surface area contributed by atoms with Gasteiger partial charge in [0, 0.05) is 5.25 Å². The Hall–Kier alpha value is 0.0700. The van der Waals surface area contributed by atoms with Gasteiger partial charge in [-0.1, -0.05) is 19.3 Å². The molecule has 0 heterocycles. The van der Waals surface area contributed by atoms with Crippen LogP contribution < -0.4 is 0 Å². The van der Waals surface area contributed by atoms with E-state index in [9.17, 15) is 13.9 Å². The molecule has 1 saturated carbocycles. The average molecular weight is 205 g/mol. The van der Waals surface area contributed by atoms with Crippen molar-refractivity contribution in [1.82, 2.24) is 0 Å². The molecule has 13 heavy (non-hydrogen) atoms. The SMILES string of the molecule is C[C@@H]([C@H](O)C1CCCCC1)S(=O)[O-]. The maximum absolute atomic E-state index is 10.6. The lowest BCUT2D eigenvalue weighted by Crippen LogP contribution is -2.35. The van der Waals surface area contributed by atoms with Crippen LogP contribution in [0, 0.1) is 5.92 Å². The van der Waals surface area contributed by atoms with E-state index in [0.717, 1.165) is 25.7 Å². The molecule has 0 aliphatic heterocycles. The Labute approximate surface area is 81.8 Å². The predicted octanol–water partition coefficient (Wildman–Crippen LogP) is 1.20. The van der Waals surface area contributed by atoms with Gasteiger partial charge < -0.3 is 9.66 Å². The van der Waals surface area contributed by atoms with Crippen LogP contribution in [-0.4, -0.2) is 25.2 Å². The van der Waals surface area contributed by atoms with E-state index in [-0.39, 0.29) is 5.92 Å². The summed E-state index contributed by atoms with van der Waals surface area (Å²) < 4.78 is 21.2. The van der Waals surface area contributed by atoms with Crippen molar-refractivity contribution in [2.75, 3.05) is 0 Å². The number of aliphatic hydroxyl groups is 1. The zero-order valence-corrected chi connectivity index (χ0v) is 8.76. The van der Waals surface area contributed by atoms with E-state index in [4.69, 9.17) is 0 Å². The first-order valence-electron chi connectivity index (χ1n) is 4.89. The van der Waals surface area contributed by atoms with Crippen molar-refractivity contribution >= 4 is 11.1 Å². The third-order valence-corrected chi connectivity index (χ3v) is 3.80. The Bertz CT molecular complexity index is 178. The first-order valence-corrected chi connectivity index (χ1v) is 6.03. The minimum Gasteiger partial charge on any atom is -0.772 e. The third kappa shape index (κ3) is 3.04. The minimum atomic E-state index is -2.14. The molecule has 0 amide bonds. The van der Waals surface area contributed by atoms with Crippen LogP contribution in [0.4, 0.5) is 0 Å². The Morgan fingerprint density at radius 3 is 2.38 bits per heavy atom. The molecule has 0 aromatic carbocycles. The number of aliphatic hydroxyl groups excluding tert-OH is 1. The molecule has 1 fully saturated rings. The van der Waals surface area contributed by atoms with E-state index in [0.29, 0.717) is 0 Å². The van der Waals surface area contributed by atoms with Crippen molar-refractivity contribution < 1.29 is 13.9 Å². The van der Waals surface area contributed by atoms with Crippen LogP contribution in [0.15, 0.2) is 0 Å². The van der Waals surface area contributed by atoms with E-state index in [1.165, 1.54) is 6.42 Å². The van der Waals surface area contributed by atoms with Gasteiger partial charge in [-0.15, -0.1) is 0 Å². The molecule has 1 N–H and O–H groups in total. The number of hydrogen-bond acceptors (Lipinski definition) is 3. The smallest absolute Gasteiger partial charge is 0.0697 e. The normalized spacial score (nSPS) is 26.7. The van der Waals surface area contributed by atoms with Crippen molar-refractivity contribution in [2.24, 2.45) is 5.92 Å². The topological polar surface area (TPSA) is 60.4 Å². The van der Waals surface area contributed by atoms with E-state index in [1.807, 2.05) is 0 Å². The zero-order chi connectivity index (χ0) is 9.84. The Morgan fingerprint density at radius 1 is 1.38 bits per heavy atom. The summed E-state index contributed by atoms with van der Waals surface area (Å²) in [5.41, 5.74) is 0. The van der Waals surface area contributed by atoms with Gasteiger partial charge in [-0.05, 0) is 36.8 Å². The number of rotatable bonds is 3. The van der Waals surface area contributed by atoms with Gasteiger partial charge in [0.15, 0.2) is 0 Å². The molecule has 1 aliphatic rings. The monoisotopic (exact) mass is 205 g/mol. The van der Waals surface area contributed by atoms with Crippen molar-refractivity contribution in [3.05, 3.63) is 0 Å². The molecule has 0 bridgehead atoms. The van der Waals surface area contributed by atoms with Gasteiger partial charge >= 0.3 is 0 Å². The summed E-state index contributed by atoms with van der Waals surface area (Å²) in [4.78, 5) is 0. The molecule has 1 aliphatic carbocycles. The van der Waals surface area contributed by atoms with E-state index in [2.05, 4.69) is 0 Å². The molecule has 1 rings (SSSR count). The van der Waals surface area contributed by atoms with Gasteiger partial charge in [-0.3, -0.25) is 4.21 Å². The highest BCUT2D eigenvalue weighted by molar-refractivity contribution is 7.79. The maximum atomic E-state index is 10.6. The summed E-state index contributed by atoms with van der Waals surface area (Å²) in [7, 11) is 0. The molecule has 0 saturated heterocycles. The second-order valence-corrected chi connectivity index (χ2v) is 5.12. The van der Waals surface area contributed by atoms with Gasteiger partial charge in [0.05, 0.1) is 6.10 Å². The van der Waals surface area contributed by atoms with E-state index in [1.54, 1.807) is 6.92 Å².